The number of aliphatic carboxylic acids is 1. The number of amides is 1. The van der Waals surface area contributed by atoms with Gasteiger partial charge in [0.05, 0.1) is 11.1 Å². The molecule has 1 aliphatic heterocycles. The zero-order valence-corrected chi connectivity index (χ0v) is 17.8. The van der Waals surface area contributed by atoms with Gasteiger partial charge in [-0.05, 0) is 45.4 Å². The molecular weight excluding hydrogens is 396 g/mol. The van der Waals surface area contributed by atoms with Gasteiger partial charge in [0.25, 0.3) is 5.91 Å². The van der Waals surface area contributed by atoms with E-state index in [9.17, 15) is 14.7 Å². The van der Waals surface area contributed by atoms with E-state index in [4.69, 9.17) is 12.2 Å². The van der Waals surface area contributed by atoms with Crippen molar-refractivity contribution in [1.82, 2.24) is 19.2 Å². The minimum atomic E-state index is -1.21. The molecule has 0 aromatic carbocycles. The lowest BCUT2D eigenvalue weighted by atomic mass is 10.2. The van der Waals surface area contributed by atoms with Gasteiger partial charge in [-0.2, -0.15) is 5.10 Å². The number of nitrogens with zero attached hydrogens (tertiary/aromatic N) is 4. The van der Waals surface area contributed by atoms with Crippen LogP contribution in [0.25, 0.3) is 11.9 Å². The third-order valence-corrected chi connectivity index (χ3v) is 5.92. The van der Waals surface area contributed by atoms with Gasteiger partial charge in [-0.3, -0.25) is 9.69 Å². The summed E-state index contributed by atoms with van der Waals surface area (Å²) in [5, 5.41) is 15.1. The smallest absolute Gasteiger partial charge is 0.266 e. The van der Waals surface area contributed by atoms with E-state index in [0.717, 1.165) is 22.8 Å². The van der Waals surface area contributed by atoms with Crippen LogP contribution in [0.15, 0.2) is 23.2 Å². The Bertz CT molecular complexity index is 987. The molecule has 3 rings (SSSR count). The number of thiocarbonyl (C=S) groups is 1. The van der Waals surface area contributed by atoms with Crippen LogP contribution in [0, 0.1) is 13.8 Å². The summed E-state index contributed by atoms with van der Waals surface area (Å²) in [5.41, 5.74) is 2.92. The highest BCUT2D eigenvalue weighted by Gasteiger charge is 2.32. The van der Waals surface area contributed by atoms with Crippen molar-refractivity contribution in [1.29, 1.82) is 0 Å². The number of carboxylic acid groups (broad SMARTS) is 1. The number of aryl methyl sites for hydroxylation is 1. The van der Waals surface area contributed by atoms with E-state index < -0.39 is 5.97 Å². The molecule has 0 N–H and O–H groups in total. The largest absolute Gasteiger partial charge is 0.550 e. The number of carbonyl (C=O) groups is 2. The van der Waals surface area contributed by atoms with Gasteiger partial charge in [0, 0.05) is 42.4 Å². The van der Waals surface area contributed by atoms with E-state index in [0.29, 0.717) is 9.23 Å². The summed E-state index contributed by atoms with van der Waals surface area (Å²) in [6.45, 7) is 8.17. The third kappa shape index (κ3) is 3.77. The molecule has 1 fully saturated rings. The predicted octanol–water partition coefficient (Wildman–Crippen LogP) is 2.21. The first-order valence-corrected chi connectivity index (χ1v) is 10.1. The highest BCUT2D eigenvalue weighted by atomic mass is 32.2. The molecule has 1 amide bonds. The van der Waals surface area contributed by atoms with Crippen molar-refractivity contribution in [3.63, 3.8) is 0 Å². The van der Waals surface area contributed by atoms with Gasteiger partial charge in [0.2, 0.25) is 0 Å². The molecule has 7 nitrogen and oxygen atoms in total. The van der Waals surface area contributed by atoms with E-state index in [2.05, 4.69) is 23.5 Å². The van der Waals surface area contributed by atoms with Crippen LogP contribution < -0.4 is 5.11 Å². The second-order valence-electron chi connectivity index (χ2n) is 6.84. The predicted molar refractivity (Wildman–Crippen MR) is 111 cm³/mol. The van der Waals surface area contributed by atoms with Crippen molar-refractivity contribution in [3.8, 4) is 5.82 Å². The fourth-order valence-corrected chi connectivity index (χ4v) is 4.51. The maximum atomic E-state index is 12.6. The van der Waals surface area contributed by atoms with Crippen molar-refractivity contribution in [2.45, 2.75) is 40.2 Å². The Morgan fingerprint density at radius 2 is 2.11 bits per heavy atom. The van der Waals surface area contributed by atoms with Crippen LogP contribution in [0.4, 0.5) is 0 Å². The summed E-state index contributed by atoms with van der Waals surface area (Å²) in [7, 11) is 0. The lowest BCUT2D eigenvalue weighted by Crippen LogP contribution is -2.33. The van der Waals surface area contributed by atoms with Gasteiger partial charge < -0.3 is 14.5 Å². The molecule has 9 heteroatoms. The topological polar surface area (TPSA) is 83.2 Å². The molecule has 0 bridgehead atoms. The number of hydrogen-bond donors (Lipinski definition) is 0. The summed E-state index contributed by atoms with van der Waals surface area (Å²) in [5.74, 6) is -0.511. The lowest BCUT2D eigenvalue weighted by Gasteiger charge is -2.15. The first kappa shape index (κ1) is 20.3. The summed E-state index contributed by atoms with van der Waals surface area (Å²) < 4.78 is 4.42. The monoisotopic (exact) mass is 417 g/mol. The van der Waals surface area contributed by atoms with Crippen LogP contribution in [-0.2, 0) is 9.59 Å². The van der Waals surface area contributed by atoms with E-state index in [-0.39, 0.29) is 24.9 Å². The van der Waals surface area contributed by atoms with Crippen LogP contribution in [0.2, 0.25) is 0 Å². The molecule has 1 saturated heterocycles. The van der Waals surface area contributed by atoms with E-state index in [1.165, 1.54) is 16.7 Å². The molecule has 0 spiro atoms. The van der Waals surface area contributed by atoms with Crippen molar-refractivity contribution in [2.75, 3.05) is 6.54 Å². The van der Waals surface area contributed by atoms with Crippen LogP contribution in [0.5, 0.6) is 0 Å². The molecule has 0 unspecified atom stereocenters. The quantitative estimate of drug-likeness (QED) is 0.529. The third-order valence-electron chi connectivity index (χ3n) is 4.54. The van der Waals surface area contributed by atoms with E-state index in [1.807, 2.05) is 36.7 Å². The molecular formula is C19H21N4O3S2-. The number of hydrogen-bond acceptors (Lipinski definition) is 6. The fourth-order valence-electron chi connectivity index (χ4n) is 3.21. The number of aromatic nitrogens is 3. The van der Waals surface area contributed by atoms with Crippen molar-refractivity contribution >= 4 is 46.3 Å². The number of carbonyl (C=O) groups excluding carboxylic acids is 2. The minimum absolute atomic E-state index is 0.0247. The van der Waals surface area contributed by atoms with E-state index >= 15 is 0 Å². The summed E-state index contributed by atoms with van der Waals surface area (Å²) in [4.78, 5) is 25.1. The zero-order valence-electron chi connectivity index (χ0n) is 16.1. The maximum Gasteiger partial charge on any atom is 0.266 e. The molecule has 0 radical (unpaired) electrons. The fraction of sp³-hybridized carbons (Fsp3) is 0.368. The minimum Gasteiger partial charge on any atom is -0.550 e. The van der Waals surface area contributed by atoms with Crippen LogP contribution in [-0.4, -0.2) is 42.0 Å². The SMILES string of the molecule is Cc1cc(/C=C2\SC(=S)N(CCC(=O)[O-])C2=O)c(C)n1-c1ccnn1C(C)C. The first-order chi connectivity index (χ1) is 13.2. The number of thioether (sulfide) groups is 1. The molecule has 0 atom stereocenters. The second kappa shape index (κ2) is 7.92. The summed E-state index contributed by atoms with van der Waals surface area (Å²) in [6.07, 6.45) is 3.34. The van der Waals surface area contributed by atoms with Crippen molar-refractivity contribution < 1.29 is 14.7 Å². The number of rotatable bonds is 6. The standard InChI is InChI=1S/C19H22N4O3S2/c1-11(2)23-16(5-7-20-23)22-12(3)9-14(13(22)4)10-15-18(26)21(19(27)28-15)8-6-17(24)25/h5,7,9-11H,6,8H2,1-4H3,(H,24,25)/p-1/b15-10-. The molecule has 28 heavy (non-hydrogen) atoms. The normalized spacial score (nSPS) is 16.0. The molecule has 1 aliphatic rings. The summed E-state index contributed by atoms with van der Waals surface area (Å²) in [6, 6.07) is 4.19. The van der Waals surface area contributed by atoms with Crippen LogP contribution >= 0.6 is 24.0 Å². The maximum absolute atomic E-state index is 12.6. The average molecular weight is 418 g/mol. The molecule has 0 saturated carbocycles. The average Bonchev–Trinajstić information content (AvgIpc) is 3.25. The van der Waals surface area contributed by atoms with Gasteiger partial charge >= 0.3 is 0 Å². The van der Waals surface area contributed by atoms with Crippen LogP contribution in [0.3, 0.4) is 0 Å². The van der Waals surface area contributed by atoms with Gasteiger partial charge in [0.15, 0.2) is 0 Å². The number of carboxylic acids is 1. The van der Waals surface area contributed by atoms with Gasteiger partial charge in [-0.1, -0.05) is 24.0 Å². The highest BCUT2D eigenvalue weighted by molar-refractivity contribution is 8.26. The Labute approximate surface area is 173 Å². The van der Waals surface area contributed by atoms with Crippen molar-refractivity contribution in [3.05, 3.63) is 40.2 Å². The molecule has 3 heterocycles. The first-order valence-electron chi connectivity index (χ1n) is 8.88. The Balaban J connectivity index is 1.94. The molecule has 0 aliphatic carbocycles. The van der Waals surface area contributed by atoms with Crippen LogP contribution in [0.1, 0.15) is 43.3 Å². The Hall–Kier alpha value is -2.39. The van der Waals surface area contributed by atoms with Gasteiger partial charge in [-0.15, -0.1) is 0 Å². The molecule has 148 valence electrons. The highest BCUT2D eigenvalue weighted by Crippen LogP contribution is 2.34. The Morgan fingerprint density at radius 1 is 1.39 bits per heavy atom. The Morgan fingerprint density at radius 3 is 2.75 bits per heavy atom. The molecule has 2 aromatic rings. The van der Waals surface area contributed by atoms with Gasteiger partial charge in [0.1, 0.15) is 10.1 Å². The summed E-state index contributed by atoms with van der Waals surface area (Å²) >= 11 is 6.42. The van der Waals surface area contributed by atoms with Gasteiger partial charge in [-0.25, -0.2) is 4.68 Å². The van der Waals surface area contributed by atoms with E-state index in [1.54, 1.807) is 6.20 Å². The second-order valence-corrected chi connectivity index (χ2v) is 8.52. The zero-order chi connectivity index (χ0) is 20.6. The lowest BCUT2D eigenvalue weighted by molar-refractivity contribution is -0.305. The van der Waals surface area contributed by atoms with Crippen molar-refractivity contribution in [2.24, 2.45) is 0 Å². The Kier molecular flexibility index (Phi) is 5.76. The molecule has 2 aromatic heterocycles.